The first-order chi connectivity index (χ1) is 17.6. The maximum atomic E-state index is 13.0. The van der Waals surface area contributed by atoms with Crippen LogP contribution in [0, 0.1) is 5.92 Å². The fourth-order valence-electron chi connectivity index (χ4n) is 4.70. The first-order valence-electron chi connectivity index (χ1n) is 12.4. The molecule has 0 aromatic carbocycles. The Bertz CT molecular complexity index is 1400. The van der Waals surface area contributed by atoms with Crippen LogP contribution in [0.25, 0.3) is 21.2 Å². The Morgan fingerprint density at radius 1 is 1.30 bits per heavy atom. The van der Waals surface area contributed by atoms with Crippen LogP contribution in [-0.2, 0) is 28.0 Å². The lowest BCUT2D eigenvalue weighted by Crippen LogP contribution is -2.54. The molecule has 0 N–H and O–H groups in total. The third-order valence-corrected chi connectivity index (χ3v) is 8.23. The van der Waals surface area contributed by atoms with E-state index in [1.165, 1.54) is 11.8 Å². The first kappa shape index (κ1) is 26.7. The number of carbonyl (C=O) groups excluding carboxylic acids is 3. The average Bonchev–Trinajstić information content (AvgIpc) is 3.30. The number of amides is 2. The van der Waals surface area contributed by atoms with Gasteiger partial charge >= 0.3 is 0 Å². The fourth-order valence-corrected chi connectivity index (χ4v) is 5.91. The normalized spacial score (nSPS) is 17.1. The average molecular weight is 524 g/mol. The number of nitrogens with zero attached hydrogens (tertiary/aromatic N) is 5. The molecule has 4 rings (SSSR count). The monoisotopic (exact) mass is 523 g/mol. The highest BCUT2D eigenvalue weighted by Gasteiger charge is 2.29. The largest absolute Gasteiger partial charge is 0.340 e. The molecule has 37 heavy (non-hydrogen) atoms. The number of aromatic nitrogens is 2. The van der Waals surface area contributed by atoms with E-state index in [0.717, 1.165) is 33.5 Å². The van der Waals surface area contributed by atoms with E-state index < -0.39 is 0 Å². The molecule has 0 saturated carbocycles. The standard InChI is InChI=1S/C27H33N5O4S/c1-17(7-11-33)26(35)32-10-9-31(18(2)14-32)15-21-13-22-25(37-21)23(16-29(4)27(22)36)20-6-8-28-24(12-20)30(5)19(3)34/h6,8,11-13,16-18H,7,9-10,14-15H2,1-5H3/t17?,18-/m1/s1. The number of hydrogen-bond acceptors (Lipinski definition) is 7. The number of piperazine rings is 1. The van der Waals surface area contributed by atoms with Gasteiger partial charge in [0.1, 0.15) is 12.1 Å². The molecular formula is C27H33N5O4S. The van der Waals surface area contributed by atoms with E-state index in [0.29, 0.717) is 30.8 Å². The third-order valence-electron chi connectivity index (χ3n) is 7.08. The van der Waals surface area contributed by atoms with E-state index >= 15 is 0 Å². The van der Waals surface area contributed by atoms with Crippen LogP contribution < -0.4 is 10.5 Å². The van der Waals surface area contributed by atoms with Crippen molar-refractivity contribution in [2.75, 3.05) is 31.6 Å². The topological polar surface area (TPSA) is 95.8 Å². The summed E-state index contributed by atoms with van der Waals surface area (Å²) in [6, 6.07) is 5.88. The second-order valence-corrected chi connectivity index (χ2v) is 10.9. The molecular weight excluding hydrogens is 490 g/mol. The molecule has 9 nitrogen and oxygen atoms in total. The lowest BCUT2D eigenvalue weighted by Gasteiger charge is -2.40. The number of hydrogen-bond donors (Lipinski definition) is 0. The highest BCUT2D eigenvalue weighted by Crippen LogP contribution is 2.35. The minimum atomic E-state index is -0.294. The van der Waals surface area contributed by atoms with Crippen molar-refractivity contribution in [2.45, 2.75) is 39.8 Å². The molecule has 1 unspecified atom stereocenters. The van der Waals surface area contributed by atoms with Crippen LogP contribution in [-0.4, -0.2) is 70.2 Å². The summed E-state index contributed by atoms with van der Waals surface area (Å²) in [5.74, 6) is 0.174. The molecule has 1 fully saturated rings. The Labute approximate surface area is 220 Å². The second kappa shape index (κ2) is 10.9. The number of aryl methyl sites for hydroxylation is 1. The molecule has 10 heteroatoms. The lowest BCUT2D eigenvalue weighted by atomic mass is 10.1. The van der Waals surface area contributed by atoms with Gasteiger partial charge in [0.15, 0.2) is 0 Å². The quantitative estimate of drug-likeness (QED) is 0.442. The fraction of sp³-hybridized carbons (Fsp3) is 0.444. The van der Waals surface area contributed by atoms with Crippen molar-refractivity contribution in [3.05, 3.63) is 45.8 Å². The van der Waals surface area contributed by atoms with Gasteiger partial charge in [0.05, 0.1) is 5.39 Å². The lowest BCUT2D eigenvalue weighted by molar-refractivity contribution is -0.139. The van der Waals surface area contributed by atoms with Crippen LogP contribution >= 0.6 is 11.3 Å². The number of fused-ring (bicyclic) bond motifs is 1. The molecule has 1 aliphatic heterocycles. The smallest absolute Gasteiger partial charge is 0.259 e. The molecule has 4 heterocycles. The van der Waals surface area contributed by atoms with Crippen LogP contribution in [0.4, 0.5) is 5.82 Å². The van der Waals surface area contributed by atoms with E-state index in [1.807, 2.05) is 29.3 Å². The number of aldehydes is 1. The van der Waals surface area contributed by atoms with Crippen molar-refractivity contribution in [1.29, 1.82) is 0 Å². The highest BCUT2D eigenvalue weighted by atomic mass is 32.1. The zero-order valence-corrected chi connectivity index (χ0v) is 22.7. The van der Waals surface area contributed by atoms with E-state index in [4.69, 9.17) is 0 Å². The van der Waals surface area contributed by atoms with Gasteiger partial charge in [-0.05, 0) is 30.7 Å². The number of thiophene rings is 1. The molecule has 196 valence electrons. The first-order valence-corrected chi connectivity index (χ1v) is 13.2. The van der Waals surface area contributed by atoms with Gasteiger partial charge in [-0.2, -0.15) is 0 Å². The minimum absolute atomic E-state index is 0.0285. The van der Waals surface area contributed by atoms with E-state index in [9.17, 15) is 19.2 Å². The SMILES string of the molecule is CC(=O)N(C)c1cc(-c2cn(C)c(=O)c3cc(CN4CCN(C(=O)C(C)CC=O)C[C@H]4C)sc23)ccn1. The van der Waals surface area contributed by atoms with E-state index in [2.05, 4.69) is 16.8 Å². The Morgan fingerprint density at radius 2 is 2.05 bits per heavy atom. The van der Waals surface area contributed by atoms with Crippen molar-refractivity contribution in [3.63, 3.8) is 0 Å². The molecule has 0 spiro atoms. The summed E-state index contributed by atoms with van der Waals surface area (Å²) in [6.45, 7) is 8.04. The number of rotatable bonds is 7. The molecule has 2 atom stereocenters. The molecule has 1 saturated heterocycles. The van der Waals surface area contributed by atoms with Gasteiger partial charge in [-0.25, -0.2) is 4.98 Å². The van der Waals surface area contributed by atoms with Crippen molar-refractivity contribution < 1.29 is 14.4 Å². The number of carbonyl (C=O) groups is 3. The predicted molar refractivity (Wildman–Crippen MR) is 146 cm³/mol. The molecule has 1 aliphatic rings. The van der Waals surface area contributed by atoms with Crippen molar-refractivity contribution >= 4 is 45.3 Å². The summed E-state index contributed by atoms with van der Waals surface area (Å²) in [5.41, 5.74) is 1.75. The zero-order valence-electron chi connectivity index (χ0n) is 21.9. The minimum Gasteiger partial charge on any atom is -0.340 e. The van der Waals surface area contributed by atoms with Gasteiger partial charge in [0.2, 0.25) is 11.8 Å². The van der Waals surface area contributed by atoms with Crippen molar-refractivity contribution in [2.24, 2.45) is 13.0 Å². The Balaban J connectivity index is 1.60. The highest BCUT2D eigenvalue weighted by molar-refractivity contribution is 7.19. The van der Waals surface area contributed by atoms with Crippen molar-refractivity contribution in [3.8, 4) is 11.1 Å². The van der Waals surface area contributed by atoms with Crippen LogP contribution in [0.2, 0.25) is 0 Å². The summed E-state index contributed by atoms with van der Waals surface area (Å²) in [5, 5.41) is 0.669. The van der Waals surface area contributed by atoms with Crippen LogP contribution in [0.3, 0.4) is 0 Å². The third kappa shape index (κ3) is 5.50. The molecule has 3 aromatic rings. The van der Waals surface area contributed by atoms with Gasteiger partial charge in [0, 0.05) is 93.1 Å². The molecule has 2 amide bonds. The van der Waals surface area contributed by atoms with E-state index in [-0.39, 0.29) is 35.8 Å². The van der Waals surface area contributed by atoms with Crippen LogP contribution in [0.1, 0.15) is 32.1 Å². The summed E-state index contributed by atoms with van der Waals surface area (Å²) < 4.78 is 2.50. The summed E-state index contributed by atoms with van der Waals surface area (Å²) in [7, 11) is 3.43. The molecule has 0 radical (unpaired) electrons. The summed E-state index contributed by atoms with van der Waals surface area (Å²) in [6.07, 6.45) is 4.56. The van der Waals surface area contributed by atoms with Crippen LogP contribution in [0.15, 0.2) is 35.4 Å². The van der Waals surface area contributed by atoms with Gasteiger partial charge in [-0.1, -0.05) is 6.92 Å². The number of pyridine rings is 2. The Kier molecular flexibility index (Phi) is 7.89. The van der Waals surface area contributed by atoms with Gasteiger partial charge in [-0.15, -0.1) is 11.3 Å². The second-order valence-electron chi connectivity index (χ2n) is 9.80. The van der Waals surface area contributed by atoms with Crippen LogP contribution in [0.5, 0.6) is 0 Å². The Morgan fingerprint density at radius 3 is 2.73 bits per heavy atom. The maximum Gasteiger partial charge on any atom is 0.259 e. The van der Waals surface area contributed by atoms with Gasteiger partial charge in [0.25, 0.3) is 5.56 Å². The predicted octanol–water partition coefficient (Wildman–Crippen LogP) is 2.90. The number of anilines is 1. The molecule has 0 aliphatic carbocycles. The maximum absolute atomic E-state index is 13.0. The van der Waals surface area contributed by atoms with Gasteiger partial charge < -0.3 is 19.2 Å². The van der Waals surface area contributed by atoms with Gasteiger partial charge in [-0.3, -0.25) is 19.3 Å². The molecule has 0 bridgehead atoms. The van der Waals surface area contributed by atoms with Crippen molar-refractivity contribution in [1.82, 2.24) is 19.4 Å². The summed E-state index contributed by atoms with van der Waals surface area (Å²) in [4.78, 5) is 59.4. The Hall–Kier alpha value is -3.37. The zero-order chi connectivity index (χ0) is 26.9. The molecule has 3 aromatic heterocycles. The van der Waals surface area contributed by atoms with E-state index in [1.54, 1.807) is 43.1 Å². The summed E-state index contributed by atoms with van der Waals surface area (Å²) >= 11 is 1.60.